The molecule has 3 nitrogen and oxygen atoms in total. The van der Waals surface area contributed by atoms with E-state index in [9.17, 15) is 0 Å². The molecular weight excluding hydrogens is 226 g/mol. The first-order chi connectivity index (χ1) is 8.63. The summed E-state index contributed by atoms with van der Waals surface area (Å²) in [4.78, 5) is 0. The van der Waals surface area contributed by atoms with Crippen molar-refractivity contribution in [3.05, 3.63) is 34.9 Å². The number of hydrogen-bond acceptors (Lipinski definition) is 3. The van der Waals surface area contributed by atoms with E-state index in [1.807, 2.05) is 20.9 Å². The lowest BCUT2D eigenvalue weighted by atomic mass is 9.98. The van der Waals surface area contributed by atoms with Crippen LogP contribution in [0.4, 0.5) is 0 Å². The molecular formula is C15H25NO2. The van der Waals surface area contributed by atoms with Gasteiger partial charge in [-0.05, 0) is 45.9 Å². The van der Waals surface area contributed by atoms with Crippen molar-refractivity contribution in [2.75, 3.05) is 20.3 Å². The number of ether oxygens (including phenoxy) is 2. The van der Waals surface area contributed by atoms with E-state index in [1.54, 1.807) is 0 Å². The van der Waals surface area contributed by atoms with Gasteiger partial charge in [-0.2, -0.15) is 0 Å². The van der Waals surface area contributed by atoms with Crippen molar-refractivity contribution >= 4 is 0 Å². The van der Waals surface area contributed by atoms with Crippen LogP contribution in [0.15, 0.2) is 18.2 Å². The van der Waals surface area contributed by atoms with E-state index >= 15 is 0 Å². The van der Waals surface area contributed by atoms with Gasteiger partial charge in [-0.1, -0.05) is 23.8 Å². The zero-order valence-electron chi connectivity index (χ0n) is 12.1. The zero-order chi connectivity index (χ0) is 13.5. The van der Waals surface area contributed by atoms with Crippen LogP contribution in [0.5, 0.6) is 0 Å². The molecule has 0 bridgehead atoms. The van der Waals surface area contributed by atoms with Gasteiger partial charge in [-0.25, -0.2) is 0 Å². The fourth-order valence-corrected chi connectivity index (χ4v) is 2.10. The van der Waals surface area contributed by atoms with Gasteiger partial charge < -0.3 is 14.8 Å². The maximum Gasteiger partial charge on any atom is 0.176 e. The highest BCUT2D eigenvalue weighted by Gasteiger charge is 2.23. The highest BCUT2D eigenvalue weighted by Crippen LogP contribution is 2.24. The molecule has 1 rings (SSSR count). The molecule has 1 atom stereocenters. The Morgan fingerprint density at radius 2 is 1.72 bits per heavy atom. The normalized spacial score (nSPS) is 13.0. The smallest absolute Gasteiger partial charge is 0.176 e. The third-order valence-corrected chi connectivity index (χ3v) is 3.01. The maximum absolute atomic E-state index is 5.70. The summed E-state index contributed by atoms with van der Waals surface area (Å²) in [5, 5.41) is 3.31. The van der Waals surface area contributed by atoms with Gasteiger partial charge >= 0.3 is 0 Å². The van der Waals surface area contributed by atoms with Gasteiger partial charge in [0, 0.05) is 13.2 Å². The number of benzene rings is 1. The van der Waals surface area contributed by atoms with Crippen molar-refractivity contribution in [2.45, 2.75) is 40.0 Å². The summed E-state index contributed by atoms with van der Waals surface area (Å²) in [5.41, 5.74) is 3.75. The van der Waals surface area contributed by atoms with Crippen molar-refractivity contribution < 1.29 is 9.47 Å². The van der Waals surface area contributed by atoms with Crippen LogP contribution in [0.3, 0.4) is 0 Å². The molecule has 0 aliphatic rings. The lowest BCUT2D eigenvalue weighted by Gasteiger charge is -2.28. The predicted molar refractivity (Wildman–Crippen MR) is 74.8 cm³/mol. The summed E-state index contributed by atoms with van der Waals surface area (Å²) < 4.78 is 11.4. The van der Waals surface area contributed by atoms with Crippen LogP contribution < -0.4 is 5.32 Å². The van der Waals surface area contributed by atoms with E-state index in [4.69, 9.17) is 9.47 Å². The molecule has 0 saturated carbocycles. The van der Waals surface area contributed by atoms with Crippen molar-refractivity contribution in [1.29, 1.82) is 0 Å². The molecule has 1 aromatic carbocycles. The summed E-state index contributed by atoms with van der Waals surface area (Å²) in [6.45, 7) is 9.49. The average molecular weight is 251 g/mol. The second kappa shape index (κ2) is 7.52. The third kappa shape index (κ3) is 3.80. The average Bonchev–Trinajstić information content (AvgIpc) is 2.35. The van der Waals surface area contributed by atoms with Gasteiger partial charge in [-0.15, -0.1) is 0 Å². The highest BCUT2D eigenvalue weighted by molar-refractivity contribution is 5.33. The van der Waals surface area contributed by atoms with Gasteiger partial charge in [0.15, 0.2) is 6.29 Å². The molecule has 0 aliphatic carbocycles. The summed E-state index contributed by atoms with van der Waals surface area (Å²) in [7, 11) is 1.94. The van der Waals surface area contributed by atoms with Crippen LogP contribution in [0, 0.1) is 13.8 Å². The van der Waals surface area contributed by atoms with Gasteiger partial charge in [0.25, 0.3) is 0 Å². The van der Waals surface area contributed by atoms with E-state index in [0.717, 1.165) is 0 Å². The second-order valence-electron chi connectivity index (χ2n) is 4.41. The Hall–Kier alpha value is -0.900. The van der Waals surface area contributed by atoms with Gasteiger partial charge in [0.05, 0.1) is 6.04 Å². The van der Waals surface area contributed by atoms with E-state index < -0.39 is 0 Å². The molecule has 18 heavy (non-hydrogen) atoms. The molecule has 0 radical (unpaired) electrons. The molecule has 0 spiro atoms. The van der Waals surface area contributed by atoms with E-state index in [0.29, 0.717) is 13.2 Å². The van der Waals surface area contributed by atoms with Crippen LogP contribution >= 0.6 is 0 Å². The lowest BCUT2D eigenvalue weighted by Crippen LogP contribution is -2.34. The topological polar surface area (TPSA) is 30.5 Å². The molecule has 1 unspecified atom stereocenters. The Morgan fingerprint density at radius 1 is 1.11 bits per heavy atom. The van der Waals surface area contributed by atoms with E-state index in [1.165, 1.54) is 16.7 Å². The summed E-state index contributed by atoms with van der Waals surface area (Å²) in [6, 6.07) is 6.53. The largest absolute Gasteiger partial charge is 0.351 e. The fraction of sp³-hybridized carbons (Fsp3) is 0.600. The minimum Gasteiger partial charge on any atom is -0.351 e. The van der Waals surface area contributed by atoms with Gasteiger partial charge in [0.2, 0.25) is 0 Å². The van der Waals surface area contributed by atoms with Crippen LogP contribution in [-0.2, 0) is 9.47 Å². The Morgan fingerprint density at radius 3 is 2.22 bits per heavy atom. The molecule has 0 fully saturated rings. The fourth-order valence-electron chi connectivity index (χ4n) is 2.10. The highest BCUT2D eigenvalue weighted by atomic mass is 16.7. The summed E-state index contributed by atoms with van der Waals surface area (Å²) in [6.07, 6.45) is -0.245. The monoisotopic (exact) mass is 251 g/mol. The molecule has 0 aliphatic heterocycles. The SMILES string of the molecule is CCOC(OCC)C(NC)c1cc(C)ccc1C. The number of nitrogens with one attached hydrogen (secondary N) is 1. The molecule has 1 N–H and O–H groups in total. The van der Waals surface area contributed by atoms with E-state index in [-0.39, 0.29) is 12.3 Å². The van der Waals surface area contributed by atoms with Crippen molar-refractivity contribution in [3.63, 3.8) is 0 Å². The maximum atomic E-state index is 5.70. The Labute approximate surface area is 110 Å². The van der Waals surface area contributed by atoms with Crippen LogP contribution in [0.2, 0.25) is 0 Å². The molecule has 0 aromatic heterocycles. The molecule has 0 saturated heterocycles. The number of hydrogen-bond donors (Lipinski definition) is 1. The quantitative estimate of drug-likeness (QED) is 0.756. The Balaban J connectivity index is 3.01. The standard InChI is InChI=1S/C15H25NO2/c1-6-17-15(18-7-2)14(16-5)13-10-11(3)8-9-12(13)4/h8-10,14-16H,6-7H2,1-5H3. The lowest BCUT2D eigenvalue weighted by molar-refractivity contribution is -0.154. The van der Waals surface area contributed by atoms with Gasteiger partial charge in [-0.3, -0.25) is 0 Å². The third-order valence-electron chi connectivity index (χ3n) is 3.01. The number of aryl methyl sites for hydroxylation is 2. The predicted octanol–water partition coefficient (Wildman–Crippen LogP) is 2.96. The minimum atomic E-state index is -0.245. The Bertz CT molecular complexity index is 360. The first-order valence-corrected chi connectivity index (χ1v) is 6.61. The molecule has 1 aromatic rings. The van der Waals surface area contributed by atoms with Crippen LogP contribution in [-0.4, -0.2) is 26.6 Å². The zero-order valence-corrected chi connectivity index (χ0v) is 12.1. The van der Waals surface area contributed by atoms with Crippen molar-refractivity contribution in [2.24, 2.45) is 0 Å². The molecule has 0 amide bonds. The van der Waals surface area contributed by atoms with Crippen LogP contribution in [0.1, 0.15) is 36.6 Å². The Kier molecular flexibility index (Phi) is 6.33. The summed E-state index contributed by atoms with van der Waals surface area (Å²) in [5.74, 6) is 0. The van der Waals surface area contributed by atoms with Crippen molar-refractivity contribution in [1.82, 2.24) is 5.32 Å². The first kappa shape index (κ1) is 15.2. The molecule has 102 valence electrons. The van der Waals surface area contributed by atoms with E-state index in [2.05, 4.69) is 37.4 Å². The minimum absolute atomic E-state index is 0.0600. The van der Waals surface area contributed by atoms with Gasteiger partial charge in [0.1, 0.15) is 0 Å². The molecule has 3 heteroatoms. The molecule has 0 heterocycles. The number of likely N-dealkylation sites (N-methyl/N-ethyl adjacent to an activating group) is 1. The van der Waals surface area contributed by atoms with Crippen molar-refractivity contribution in [3.8, 4) is 0 Å². The second-order valence-corrected chi connectivity index (χ2v) is 4.41. The van der Waals surface area contributed by atoms with Crippen LogP contribution in [0.25, 0.3) is 0 Å². The summed E-state index contributed by atoms with van der Waals surface area (Å²) >= 11 is 0. The first-order valence-electron chi connectivity index (χ1n) is 6.61. The number of rotatable bonds is 7.